The molecule has 1 saturated heterocycles. The van der Waals surface area contributed by atoms with Crippen LogP contribution in [0.15, 0.2) is 30.4 Å². The number of allylic oxidation sites excluding steroid dienone is 1. The molecule has 1 aromatic carbocycles. The van der Waals surface area contributed by atoms with Gasteiger partial charge < -0.3 is 10.2 Å². The first-order chi connectivity index (χ1) is 12.1. The predicted molar refractivity (Wildman–Crippen MR) is 111 cm³/mol. The van der Waals surface area contributed by atoms with Gasteiger partial charge in [-0.1, -0.05) is 37.3 Å². The highest BCUT2D eigenvalue weighted by Crippen LogP contribution is 2.43. The zero-order chi connectivity index (χ0) is 17.9. The first-order valence-corrected chi connectivity index (χ1v) is 9.85. The lowest BCUT2D eigenvalue weighted by molar-refractivity contribution is 0.326. The molecule has 3 rings (SSSR count). The lowest BCUT2D eigenvalue weighted by atomic mass is 9.98. The van der Waals surface area contributed by atoms with Gasteiger partial charge in [0.2, 0.25) is 0 Å². The van der Waals surface area contributed by atoms with Crippen molar-refractivity contribution in [1.29, 1.82) is 0 Å². The summed E-state index contributed by atoms with van der Waals surface area (Å²) in [6.07, 6.45) is 9.65. The Labute approximate surface area is 154 Å². The van der Waals surface area contributed by atoms with Crippen LogP contribution in [-0.4, -0.2) is 31.1 Å². The topological polar surface area (TPSA) is 15.3 Å². The van der Waals surface area contributed by atoms with Crippen LogP contribution in [0, 0.1) is 6.42 Å². The Morgan fingerprint density at radius 1 is 1.32 bits per heavy atom. The van der Waals surface area contributed by atoms with Crippen LogP contribution in [0.3, 0.4) is 0 Å². The Balaban J connectivity index is 0.00000243. The third-order valence-corrected chi connectivity index (χ3v) is 5.72. The minimum Gasteiger partial charge on any atom is -0.306 e. The van der Waals surface area contributed by atoms with Crippen LogP contribution in [0.5, 0.6) is 0 Å². The number of nitrogens with one attached hydrogen (secondary N) is 1. The van der Waals surface area contributed by atoms with Crippen LogP contribution in [-0.2, 0) is 5.54 Å². The molecule has 2 fully saturated rings. The Bertz CT molecular complexity index is 740. The van der Waals surface area contributed by atoms with Crippen molar-refractivity contribution in [3.8, 4) is 0 Å². The summed E-state index contributed by atoms with van der Waals surface area (Å²) in [5, 5.41) is 6.49. The summed E-state index contributed by atoms with van der Waals surface area (Å²) in [5.41, 5.74) is 3.94. The van der Waals surface area contributed by atoms with E-state index in [1.807, 2.05) is 0 Å². The van der Waals surface area contributed by atoms with Crippen LogP contribution in [0.25, 0.3) is 11.6 Å². The molecule has 1 radical (unpaired) electrons. The molecular formula is C23H35N2. The van der Waals surface area contributed by atoms with Crippen LogP contribution < -0.4 is 15.8 Å². The number of hydrogen-bond donors (Lipinski definition) is 1. The van der Waals surface area contributed by atoms with Crippen molar-refractivity contribution in [2.45, 2.75) is 52.0 Å². The molecule has 1 unspecified atom stereocenters. The zero-order valence-electron chi connectivity index (χ0n) is 16.2. The summed E-state index contributed by atoms with van der Waals surface area (Å²) in [5.74, 6) is 0. The molecule has 137 valence electrons. The molecule has 0 spiro atoms. The van der Waals surface area contributed by atoms with Crippen molar-refractivity contribution in [2.24, 2.45) is 0 Å². The summed E-state index contributed by atoms with van der Waals surface area (Å²) < 4.78 is 0. The second kappa shape index (κ2) is 7.88. The van der Waals surface area contributed by atoms with E-state index in [1.165, 1.54) is 54.0 Å². The quantitative estimate of drug-likeness (QED) is 0.819. The monoisotopic (exact) mass is 339 g/mol. The van der Waals surface area contributed by atoms with E-state index in [9.17, 15) is 0 Å². The van der Waals surface area contributed by atoms with Gasteiger partial charge in [-0.15, -0.1) is 0 Å². The molecule has 0 amide bonds. The van der Waals surface area contributed by atoms with Crippen LogP contribution in [0.4, 0.5) is 0 Å². The number of likely N-dealkylation sites (tertiary alicyclic amines) is 1. The molecule has 1 aliphatic carbocycles. The van der Waals surface area contributed by atoms with Gasteiger partial charge in [-0.3, -0.25) is 0 Å². The van der Waals surface area contributed by atoms with Crippen molar-refractivity contribution in [3.63, 3.8) is 0 Å². The van der Waals surface area contributed by atoms with Gasteiger partial charge in [-0.05, 0) is 86.7 Å². The normalized spacial score (nSPS) is 21.5. The Morgan fingerprint density at radius 3 is 2.64 bits per heavy atom. The Kier molecular flexibility index (Phi) is 5.81. The van der Waals surface area contributed by atoms with Crippen LogP contribution in [0.1, 0.15) is 53.4 Å². The molecule has 1 aromatic rings. The van der Waals surface area contributed by atoms with E-state index in [2.05, 4.69) is 68.3 Å². The average molecular weight is 340 g/mol. The van der Waals surface area contributed by atoms with Gasteiger partial charge >= 0.3 is 0 Å². The second-order valence-corrected chi connectivity index (χ2v) is 7.67. The largest absolute Gasteiger partial charge is 0.306 e. The maximum absolute atomic E-state index is 4.15. The molecule has 1 saturated carbocycles. The Hall–Kier alpha value is -1.38. The molecule has 2 nitrogen and oxygen atoms in total. The van der Waals surface area contributed by atoms with Gasteiger partial charge in [0, 0.05) is 20.1 Å². The van der Waals surface area contributed by atoms with Crippen molar-refractivity contribution in [2.75, 3.05) is 26.2 Å². The predicted octanol–water partition coefficient (Wildman–Crippen LogP) is 3.36. The summed E-state index contributed by atoms with van der Waals surface area (Å²) in [4.78, 5) is 2.58. The lowest BCUT2D eigenvalue weighted by Crippen LogP contribution is -2.38. The molecule has 25 heavy (non-hydrogen) atoms. The van der Waals surface area contributed by atoms with E-state index in [4.69, 9.17) is 0 Å². The van der Waals surface area contributed by atoms with E-state index >= 15 is 0 Å². The van der Waals surface area contributed by atoms with Gasteiger partial charge in [-0.25, -0.2) is 0 Å². The van der Waals surface area contributed by atoms with Gasteiger partial charge in [0.25, 0.3) is 0 Å². The molecule has 1 atom stereocenters. The van der Waals surface area contributed by atoms with E-state index in [0.717, 1.165) is 25.0 Å². The molecule has 1 N–H and O–H groups in total. The highest BCUT2D eigenvalue weighted by Gasteiger charge is 2.44. The number of hydrogen-bond acceptors (Lipinski definition) is 2. The summed E-state index contributed by atoms with van der Waals surface area (Å²) >= 11 is 0. The summed E-state index contributed by atoms with van der Waals surface area (Å²) in [6.45, 7) is 15.4. The first-order valence-electron chi connectivity index (χ1n) is 9.85. The molecule has 2 aliphatic rings. The van der Waals surface area contributed by atoms with E-state index < -0.39 is 0 Å². The third-order valence-electron chi connectivity index (χ3n) is 5.72. The highest BCUT2D eigenvalue weighted by molar-refractivity contribution is 5.61. The van der Waals surface area contributed by atoms with E-state index in [-0.39, 0.29) is 6.97 Å². The van der Waals surface area contributed by atoms with Crippen molar-refractivity contribution in [3.05, 3.63) is 52.8 Å². The number of nitrogens with zero attached hydrogens (tertiary/aromatic N) is 1. The van der Waals surface area contributed by atoms with Crippen LogP contribution in [0.2, 0.25) is 0 Å². The highest BCUT2D eigenvalue weighted by atomic mass is 15.2. The maximum atomic E-state index is 4.15. The Morgan fingerprint density at radius 2 is 2.04 bits per heavy atom. The van der Waals surface area contributed by atoms with E-state index in [1.54, 1.807) is 0 Å². The molecule has 0 aromatic heterocycles. The minimum absolute atomic E-state index is 0. The molecule has 0 bridgehead atoms. The third kappa shape index (κ3) is 4.24. The van der Waals surface area contributed by atoms with Gasteiger partial charge in [0.15, 0.2) is 0 Å². The minimum atomic E-state index is 0. The molecular weight excluding hydrogens is 304 g/mol. The fourth-order valence-electron chi connectivity index (χ4n) is 3.81. The second-order valence-electron chi connectivity index (χ2n) is 7.67. The number of benzene rings is 1. The smallest absolute Gasteiger partial charge is 0.0471 e. The summed E-state index contributed by atoms with van der Waals surface area (Å²) in [7, 11) is 0. The first kappa shape index (κ1) is 18.4. The maximum Gasteiger partial charge on any atom is 0.0471 e. The SMILES string of the molecule is C=C(C)/C(C)=c1/cc(C2(NCCN3CCCC3)[CH]C2)cc/c1=C\CC.[HH]. The standard InChI is InChI=1S/C23H33N2.H2/c1-5-8-20-9-10-21(17-22(20)19(4)18(2)3)23(11-12-23)24-13-16-25-14-6-7-15-25;/h8-11,17,24H,2,5-7,12-16H2,1,3-4H3;1H/b20-8+,22-19-;. The average Bonchev–Trinajstić information content (AvgIpc) is 3.20. The van der Waals surface area contributed by atoms with Crippen molar-refractivity contribution in [1.82, 2.24) is 10.2 Å². The zero-order valence-corrected chi connectivity index (χ0v) is 16.2. The number of rotatable bonds is 7. The lowest BCUT2D eigenvalue weighted by Gasteiger charge is -2.21. The molecule has 1 aliphatic heterocycles. The van der Waals surface area contributed by atoms with Crippen molar-refractivity contribution < 1.29 is 1.43 Å². The summed E-state index contributed by atoms with van der Waals surface area (Å²) in [6, 6.07) is 6.98. The van der Waals surface area contributed by atoms with Crippen molar-refractivity contribution >= 4 is 11.6 Å². The van der Waals surface area contributed by atoms with Gasteiger partial charge in [0.1, 0.15) is 0 Å². The van der Waals surface area contributed by atoms with Gasteiger partial charge in [-0.2, -0.15) is 0 Å². The van der Waals surface area contributed by atoms with Gasteiger partial charge in [0.05, 0.1) is 0 Å². The molecule has 1 heterocycles. The van der Waals surface area contributed by atoms with Crippen LogP contribution >= 0.6 is 0 Å². The molecule has 2 heteroatoms. The fourth-order valence-corrected chi connectivity index (χ4v) is 3.81. The fraction of sp³-hybridized carbons (Fsp3) is 0.522. The van der Waals surface area contributed by atoms with E-state index in [0.29, 0.717) is 0 Å².